The third kappa shape index (κ3) is 2.65. The Morgan fingerprint density at radius 1 is 1.33 bits per heavy atom. The van der Waals surface area contributed by atoms with E-state index in [4.69, 9.17) is 0 Å². The predicted octanol–water partition coefficient (Wildman–Crippen LogP) is 3.59. The van der Waals surface area contributed by atoms with Gasteiger partial charge in [0.1, 0.15) is 5.82 Å². The molecule has 0 radical (unpaired) electrons. The molecule has 1 aromatic carbocycles. The molecule has 0 N–H and O–H groups in total. The first-order valence-electron chi connectivity index (χ1n) is 5.54. The molecule has 0 amide bonds. The van der Waals surface area contributed by atoms with Crippen LogP contribution in [0.4, 0.5) is 4.39 Å². The van der Waals surface area contributed by atoms with Gasteiger partial charge >= 0.3 is 0 Å². The number of carbonyl (C=O) groups is 1. The van der Waals surface area contributed by atoms with Crippen molar-refractivity contribution >= 4 is 5.78 Å². The van der Waals surface area contributed by atoms with E-state index in [1.165, 1.54) is 25.0 Å². The number of carbonyl (C=O) groups excluding carboxylic acids is 1. The molecule has 1 nitrogen and oxygen atoms in total. The van der Waals surface area contributed by atoms with Crippen LogP contribution in [0.25, 0.3) is 0 Å². The molecule has 2 rings (SSSR count). The molecule has 0 atom stereocenters. The van der Waals surface area contributed by atoms with Crippen LogP contribution in [0.1, 0.15) is 42.5 Å². The fourth-order valence-corrected chi connectivity index (χ4v) is 2.26. The van der Waals surface area contributed by atoms with E-state index in [1.54, 1.807) is 12.1 Å². The van der Waals surface area contributed by atoms with Crippen molar-refractivity contribution in [1.82, 2.24) is 0 Å². The van der Waals surface area contributed by atoms with E-state index in [0.717, 1.165) is 12.8 Å². The molecule has 0 aromatic heterocycles. The van der Waals surface area contributed by atoms with Gasteiger partial charge in [0, 0.05) is 12.0 Å². The van der Waals surface area contributed by atoms with E-state index >= 15 is 0 Å². The van der Waals surface area contributed by atoms with Crippen LogP contribution in [0.2, 0.25) is 0 Å². The van der Waals surface area contributed by atoms with Crippen LogP contribution in [-0.2, 0) is 0 Å². The van der Waals surface area contributed by atoms with E-state index in [-0.39, 0.29) is 11.6 Å². The van der Waals surface area contributed by atoms with Crippen LogP contribution in [0.3, 0.4) is 0 Å². The molecular weight excluding hydrogens is 191 g/mol. The second-order valence-corrected chi connectivity index (χ2v) is 4.29. The van der Waals surface area contributed by atoms with Crippen molar-refractivity contribution < 1.29 is 9.18 Å². The molecule has 1 aliphatic rings. The molecule has 80 valence electrons. The van der Waals surface area contributed by atoms with Gasteiger partial charge in [-0.05, 0) is 18.1 Å². The summed E-state index contributed by atoms with van der Waals surface area (Å²) >= 11 is 0. The highest BCUT2D eigenvalue weighted by Gasteiger charge is 2.19. The minimum Gasteiger partial charge on any atom is -0.294 e. The third-order valence-electron chi connectivity index (χ3n) is 3.10. The summed E-state index contributed by atoms with van der Waals surface area (Å²) in [7, 11) is 0. The first-order chi connectivity index (χ1) is 7.25. The zero-order valence-corrected chi connectivity index (χ0v) is 8.71. The average molecular weight is 206 g/mol. The normalized spacial score (nSPS) is 16.9. The first-order valence-corrected chi connectivity index (χ1v) is 5.54. The Kier molecular flexibility index (Phi) is 3.14. The lowest BCUT2D eigenvalue weighted by atomic mass is 9.97. The van der Waals surface area contributed by atoms with E-state index < -0.39 is 0 Å². The van der Waals surface area contributed by atoms with Gasteiger partial charge in [-0.2, -0.15) is 0 Å². The Morgan fingerprint density at radius 3 is 2.73 bits per heavy atom. The van der Waals surface area contributed by atoms with E-state index in [0.29, 0.717) is 17.9 Å². The summed E-state index contributed by atoms with van der Waals surface area (Å²) in [5, 5.41) is 0. The fourth-order valence-electron chi connectivity index (χ4n) is 2.26. The maximum atomic E-state index is 12.9. The monoisotopic (exact) mass is 206 g/mol. The van der Waals surface area contributed by atoms with Crippen LogP contribution < -0.4 is 0 Å². The molecule has 0 heterocycles. The van der Waals surface area contributed by atoms with Crippen molar-refractivity contribution in [1.29, 1.82) is 0 Å². The quantitative estimate of drug-likeness (QED) is 0.691. The minimum atomic E-state index is -0.327. The van der Waals surface area contributed by atoms with Crippen molar-refractivity contribution in [3.8, 4) is 0 Å². The molecule has 15 heavy (non-hydrogen) atoms. The van der Waals surface area contributed by atoms with Crippen LogP contribution in [-0.4, -0.2) is 5.78 Å². The lowest BCUT2D eigenvalue weighted by Crippen LogP contribution is -2.05. The van der Waals surface area contributed by atoms with Gasteiger partial charge in [0.05, 0.1) is 0 Å². The molecule has 0 spiro atoms. The van der Waals surface area contributed by atoms with E-state index in [2.05, 4.69) is 0 Å². The number of halogens is 1. The van der Waals surface area contributed by atoms with Crippen LogP contribution in [0.15, 0.2) is 24.3 Å². The highest BCUT2D eigenvalue weighted by molar-refractivity contribution is 5.96. The van der Waals surface area contributed by atoms with Crippen LogP contribution in [0, 0.1) is 11.7 Å². The third-order valence-corrected chi connectivity index (χ3v) is 3.10. The molecule has 0 aliphatic heterocycles. The van der Waals surface area contributed by atoms with Crippen LogP contribution in [0.5, 0.6) is 0 Å². The Morgan fingerprint density at radius 2 is 2.07 bits per heavy atom. The highest BCUT2D eigenvalue weighted by Crippen LogP contribution is 2.28. The average Bonchev–Trinajstić information content (AvgIpc) is 2.70. The summed E-state index contributed by atoms with van der Waals surface area (Å²) in [6.07, 6.45) is 5.37. The Balaban J connectivity index is 2.01. The van der Waals surface area contributed by atoms with E-state index in [1.807, 2.05) is 0 Å². The van der Waals surface area contributed by atoms with Crippen molar-refractivity contribution in [2.45, 2.75) is 32.1 Å². The molecule has 0 saturated heterocycles. The number of hydrogen-bond acceptors (Lipinski definition) is 1. The first kappa shape index (κ1) is 10.3. The summed E-state index contributed by atoms with van der Waals surface area (Å²) in [4.78, 5) is 11.8. The Labute approximate surface area is 89.3 Å². The molecule has 1 saturated carbocycles. The number of hydrogen-bond donors (Lipinski definition) is 0. The van der Waals surface area contributed by atoms with Crippen molar-refractivity contribution in [3.05, 3.63) is 35.6 Å². The van der Waals surface area contributed by atoms with Crippen LogP contribution >= 0.6 is 0 Å². The summed E-state index contributed by atoms with van der Waals surface area (Å²) in [5.41, 5.74) is 0.516. The highest BCUT2D eigenvalue weighted by atomic mass is 19.1. The summed E-state index contributed by atoms with van der Waals surface area (Å²) in [5.74, 6) is 0.287. The maximum absolute atomic E-state index is 12.9. The molecule has 0 unspecified atom stereocenters. The topological polar surface area (TPSA) is 17.1 Å². The second-order valence-electron chi connectivity index (χ2n) is 4.29. The molecule has 1 aromatic rings. The molecular formula is C13H15FO. The second kappa shape index (κ2) is 4.56. The number of ketones is 1. The summed E-state index contributed by atoms with van der Waals surface area (Å²) in [6.45, 7) is 0. The van der Waals surface area contributed by atoms with Crippen molar-refractivity contribution in [2.24, 2.45) is 5.92 Å². The summed E-state index contributed by atoms with van der Waals surface area (Å²) in [6, 6.07) is 5.99. The number of rotatable bonds is 3. The standard InChI is InChI=1S/C13H15FO/c14-12-7-3-6-11(9-12)13(15)8-10-4-1-2-5-10/h3,6-7,9-10H,1-2,4-5,8H2. The largest absolute Gasteiger partial charge is 0.294 e. The Bertz CT molecular complexity index is 353. The Hall–Kier alpha value is -1.18. The van der Waals surface area contributed by atoms with Gasteiger partial charge in [0.15, 0.2) is 5.78 Å². The fraction of sp³-hybridized carbons (Fsp3) is 0.462. The van der Waals surface area contributed by atoms with E-state index in [9.17, 15) is 9.18 Å². The van der Waals surface area contributed by atoms with Gasteiger partial charge in [-0.15, -0.1) is 0 Å². The molecule has 1 fully saturated rings. The van der Waals surface area contributed by atoms with Gasteiger partial charge in [0.25, 0.3) is 0 Å². The van der Waals surface area contributed by atoms with Gasteiger partial charge in [-0.1, -0.05) is 37.8 Å². The lowest BCUT2D eigenvalue weighted by Gasteiger charge is -2.07. The minimum absolute atomic E-state index is 0.0846. The molecule has 2 heteroatoms. The zero-order valence-electron chi connectivity index (χ0n) is 8.71. The number of benzene rings is 1. The zero-order chi connectivity index (χ0) is 10.7. The van der Waals surface area contributed by atoms with Crippen molar-refractivity contribution in [3.63, 3.8) is 0 Å². The number of Topliss-reactive ketones (excluding diaryl/α,β-unsaturated/α-hetero) is 1. The van der Waals surface area contributed by atoms with Gasteiger partial charge in [0.2, 0.25) is 0 Å². The lowest BCUT2D eigenvalue weighted by molar-refractivity contribution is 0.0961. The maximum Gasteiger partial charge on any atom is 0.163 e. The molecule has 0 bridgehead atoms. The van der Waals surface area contributed by atoms with Gasteiger partial charge in [-0.3, -0.25) is 4.79 Å². The smallest absolute Gasteiger partial charge is 0.163 e. The van der Waals surface area contributed by atoms with Gasteiger partial charge in [-0.25, -0.2) is 4.39 Å². The SMILES string of the molecule is O=C(CC1CCCC1)c1cccc(F)c1. The summed E-state index contributed by atoms with van der Waals surface area (Å²) < 4.78 is 12.9. The molecule has 1 aliphatic carbocycles. The van der Waals surface area contributed by atoms with Crippen molar-refractivity contribution in [2.75, 3.05) is 0 Å². The van der Waals surface area contributed by atoms with Gasteiger partial charge < -0.3 is 0 Å². The predicted molar refractivity (Wildman–Crippen MR) is 57.3 cm³/mol.